The van der Waals surface area contributed by atoms with Gasteiger partial charge in [0.05, 0.1) is 12.5 Å². The zero-order valence-corrected chi connectivity index (χ0v) is 11.4. The highest BCUT2D eigenvalue weighted by Crippen LogP contribution is 2.13. The normalized spacial score (nSPS) is 20.7. The van der Waals surface area contributed by atoms with Gasteiger partial charge in [0, 0.05) is 18.5 Å². The van der Waals surface area contributed by atoms with Crippen LogP contribution in [0.15, 0.2) is 0 Å². The molecule has 1 atom stereocenters. The summed E-state index contributed by atoms with van der Waals surface area (Å²) in [6, 6.07) is 0. The molecule has 1 amide bonds. The lowest BCUT2D eigenvalue weighted by molar-refractivity contribution is -0.128. The predicted octanol–water partition coefficient (Wildman–Crippen LogP) is 2.48. The Hall–Kier alpha value is -0.0900. The fourth-order valence-electron chi connectivity index (χ4n) is 1.88. The summed E-state index contributed by atoms with van der Waals surface area (Å²) < 4.78 is 5.30. The van der Waals surface area contributed by atoms with Crippen molar-refractivity contribution in [2.24, 2.45) is 5.92 Å². The van der Waals surface area contributed by atoms with E-state index in [4.69, 9.17) is 4.74 Å². The molecule has 94 valence electrons. The van der Waals surface area contributed by atoms with Crippen molar-refractivity contribution in [2.75, 3.05) is 25.1 Å². The Labute approximate surface area is 106 Å². The maximum absolute atomic E-state index is 11.7. The summed E-state index contributed by atoms with van der Waals surface area (Å²) in [6.45, 7) is 2.24. The van der Waals surface area contributed by atoms with E-state index in [9.17, 15) is 4.79 Å². The molecule has 1 unspecified atom stereocenters. The Balaban J connectivity index is 1.97. The average molecular weight is 292 g/mol. The van der Waals surface area contributed by atoms with Crippen LogP contribution in [0.25, 0.3) is 0 Å². The van der Waals surface area contributed by atoms with Crippen LogP contribution in [0.1, 0.15) is 38.5 Å². The monoisotopic (exact) mass is 291 g/mol. The van der Waals surface area contributed by atoms with Crippen LogP contribution >= 0.6 is 15.9 Å². The van der Waals surface area contributed by atoms with Crippen LogP contribution < -0.4 is 5.32 Å². The first kappa shape index (κ1) is 14.0. The van der Waals surface area contributed by atoms with Crippen molar-refractivity contribution in [1.82, 2.24) is 5.32 Å². The van der Waals surface area contributed by atoms with Crippen molar-refractivity contribution < 1.29 is 9.53 Å². The minimum Gasteiger partial charge on any atom is -0.381 e. The SMILES string of the molecule is O=C(NCCCCCCBr)C1CCCOC1. The molecule has 0 spiro atoms. The van der Waals surface area contributed by atoms with Gasteiger partial charge in [0.25, 0.3) is 0 Å². The van der Waals surface area contributed by atoms with Gasteiger partial charge in [-0.15, -0.1) is 0 Å². The third-order valence-electron chi connectivity index (χ3n) is 2.89. The van der Waals surface area contributed by atoms with Crippen molar-refractivity contribution in [3.8, 4) is 0 Å². The summed E-state index contributed by atoms with van der Waals surface area (Å²) in [5.41, 5.74) is 0. The molecule has 0 radical (unpaired) electrons. The van der Waals surface area contributed by atoms with Crippen LogP contribution in [0, 0.1) is 5.92 Å². The molecule has 1 aliphatic rings. The topological polar surface area (TPSA) is 38.3 Å². The number of amides is 1. The number of hydrogen-bond donors (Lipinski definition) is 1. The van der Waals surface area contributed by atoms with Gasteiger partial charge in [-0.1, -0.05) is 28.8 Å². The van der Waals surface area contributed by atoms with Gasteiger partial charge in [0.1, 0.15) is 0 Å². The van der Waals surface area contributed by atoms with Gasteiger partial charge in [-0.05, 0) is 25.7 Å². The largest absolute Gasteiger partial charge is 0.381 e. The Bertz CT molecular complexity index is 193. The second-order valence-corrected chi connectivity index (χ2v) is 5.10. The maximum atomic E-state index is 11.7. The Morgan fingerprint density at radius 1 is 1.31 bits per heavy atom. The van der Waals surface area contributed by atoms with E-state index in [-0.39, 0.29) is 11.8 Å². The summed E-state index contributed by atoms with van der Waals surface area (Å²) in [7, 11) is 0. The Kier molecular flexibility index (Phi) is 7.85. The van der Waals surface area contributed by atoms with Crippen LogP contribution in [-0.2, 0) is 9.53 Å². The number of unbranched alkanes of at least 4 members (excludes halogenated alkanes) is 3. The van der Waals surface area contributed by atoms with Gasteiger partial charge in [0.2, 0.25) is 5.91 Å². The molecule has 1 saturated heterocycles. The minimum atomic E-state index is 0.0938. The highest BCUT2D eigenvalue weighted by molar-refractivity contribution is 9.09. The number of rotatable bonds is 7. The van der Waals surface area contributed by atoms with Gasteiger partial charge in [-0.2, -0.15) is 0 Å². The molecule has 3 nitrogen and oxygen atoms in total. The molecule has 1 aliphatic heterocycles. The van der Waals surface area contributed by atoms with Gasteiger partial charge in [-0.3, -0.25) is 4.79 Å². The van der Waals surface area contributed by atoms with Gasteiger partial charge < -0.3 is 10.1 Å². The first-order chi connectivity index (χ1) is 7.84. The third-order valence-corrected chi connectivity index (χ3v) is 3.45. The van der Waals surface area contributed by atoms with Crippen LogP contribution in [0.5, 0.6) is 0 Å². The number of alkyl halides is 1. The number of carbonyl (C=O) groups excluding carboxylic acids is 1. The van der Waals surface area contributed by atoms with Gasteiger partial charge >= 0.3 is 0 Å². The number of nitrogens with one attached hydrogen (secondary N) is 1. The molecule has 0 saturated carbocycles. The smallest absolute Gasteiger partial charge is 0.225 e. The van der Waals surface area contributed by atoms with Gasteiger partial charge in [-0.25, -0.2) is 0 Å². The van der Waals surface area contributed by atoms with E-state index in [0.29, 0.717) is 6.61 Å². The zero-order chi connectivity index (χ0) is 11.6. The summed E-state index contributed by atoms with van der Waals surface area (Å²) >= 11 is 3.41. The molecule has 16 heavy (non-hydrogen) atoms. The molecular weight excluding hydrogens is 270 g/mol. The molecule has 1 heterocycles. The number of ether oxygens (including phenoxy) is 1. The standard InChI is InChI=1S/C12H22BrNO2/c13-7-3-1-2-4-8-14-12(15)11-6-5-9-16-10-11/h11H,1-10H2,(H,14,15). The van der Waals surface area contributed by atoms with Crippen molar-refractivity contribution in [1.29, 1.82) is 0 Å². The quantitative estimate of drug-likeness (QED) is 0.578. The molecule has 1 N–H and O–H groups in total. The number of halogens is 1. The molecule has 1 fully saturated rings. The summed E-state index contributed by atoms with van der Waals surface area (Å²) in [5, 5.41) is 4.08. The van der Waals surface area contributed by atoms with Crippen molar-refractivity contribution in [2.45, 2.75) is 38.5 Å². The van der Waals surface area contributed by atoms with Crippen LogP contribution in [0.3, 0.4) is 0 Å². The molecule has 0 bridgehead atoms. The number of carbonyl (C=O) groups is 1. The van der Waals surface area contributed by atoms with E-state index in [1.54, 1.807) is 0 Å². The van der Waals surface area contributed by atoms with Crippen molar-refractivity contribution in [3.05, 3.63) is 0 Å². The zero-order valence-electron chi connectivity index (χ0n) is 9.84. The predicted molar refractivity (Wildman–Crippen MR) is 68.8 cm³/mol. The van der Waals surface area contributed by atoms with E-state index in [1.807, 2.05) is 0 Å². The first-order valence-electron chi connectivity index (χ1n) is 6.26. The molecule has 0 aromatic rings. The molecule has 0 aromatic carbocycles. The summed E-state index contributed by atoms with van der Waals surface area (Å²) in [6.07, 6.45) is 6.76. The summed E-state index contributed by atoms with van der Waals surface area (Å²) in [4.78, 5) is 11.7. The molecule has 1 rings (SSSR count). The van der Waals surface area contributed by atoms with Crippen molar-refractivity contribution in [3.63, 3.8) is 0 Å². The highest BCUT2D eigenvalue weighted by atomic mass is 79.9. The maximum Gasteiger partial charge on any atom is 0.225 e. The van der Waals surface area contributed by atoms with E-state index in [2.05, 4.69) is 21.2 Å². The minimum absolute atomic E-state index is 0.0938. The van der Waals surface area contributed by atoms with Crippen LogP contribution in [-0.4, -0.2) is 31.0 Å². The second kappa shape index (κ2) is 8.99. The van der Waals surface area contributed by atoms with E-state index < -0.39 is 0 Å². The van der Waals surface area contributed by atoms with E-state index in [0.717, 1.165) is 37.7 Å². The average Bonchev–Trinajstić information content (AvgIpc) is 2.34. The Morgan fingerprint density at radius 2 is 2.12 bits per heavy atom. The fraction of sp³-hybridized carbons (Fsp3) is 0.917. The Morgan fingerprint density at radius 3 is 2.81 bits per heavy atom. The molecule has 4 heteroatoms. The molecular formula is C12H22BrNO2. The fourth-order valence-corrected chi connectivity index (χ4v) is 2.27. The van der Waals surface area contributed by atoms with Crippen molar-refractivity contribution >= 4 is 21.8 Å². The lowest BCUT2D eigenvalue weighted by atomic mass is 10.0. The molecule has 0 aromatic heterocycles. The van der Waals surface area contributed by atoms with E-state index >= 15 is 0 Å². The first-order valence-corrected chi connectivity index (χ1v) is 7.38. The van der Waals surface area contributed by atoms with Gasteiger partial charge in [0.15, 0.2) is 0 Å². The van der Waals surface area contributed by atoms with Crippen LogP contribution in [0.2, 0.25) is 0 Å². The lowest BCUT2D eigenvalue weighted by Gasteiger charge is -2.21. The van der Waals surface area contributed by atoms with E-state index in [1.165, 1.54) is 19.3 Å². The highest BCUT2D eigenvalue weighted by Gasteiger charge is 2.20. The second-order valence-electron chi connectivity index (χ2n) is 4.31. The third kappa shape index (κ3) is 5.85. The molecule has 0 aliphatic carbocycles. The summed E-state index contributed by atoms with van der Waals surface area (Å²) in [5.74, 6) is 0.275. The van der Waals surface area contributed by atoms with Crippen LogP contribution in [0.4, 0.5) is 0 Å². The lowest BCUT2D eigenvalue weighted by Crippen LogP contribution is -2.36. The number of hydrogen-bond acceptors (Lipinski definition) is 2.